The Labute approximate surface area is 215 Å². The number of hydrogen-bond donors (Lipinski definition) is 4. The Morgan fingerprint density at radius 1 is 1.22 bits per heavy atom. The fourth-order valence-corrected chi connectivity index (χ4v) is 4.67. The summed E-state index contributed by atoms with van der Waals surface area (Å²) in [6.07, 6.45) is 0.535. The third-order valence-electron chi connectivity index (χ3n) is 6.39. The van der Waals surface area contributed by atoms with Crippen molar-refractivity contribution in [3.63, 3.8) is 0 Å². The number of benzene rings is 2. The van der Waals surface area contributed by atoms with E-state index in [0.29, 0.717) is 25.3 Å². The van der Waals surface area contributed by atoms with Gasteiger partial charge in [-0.3, -0.25) is 5.10 Å². The molecule has 0 bridgehead atoms. The van der Waals surface area contributed by atoms with Crippen LogP contribution < -0.4 is 10.2 Å². The van der Waals surface area contributed by atoms with Crippen LogP contribution in [0, 0.1) is 5.41 Å². The number of rotatable bonds is 12. The number of alkyl halides is 3. The number of nitrogens with one attached hydrogen (secondary N) is 3. The predicted molar refractivity (Wildman–Crippen MR) is 143 cm³/mol. The summed E-state index contributed by atoms with van der Waals surface area (Å²) in [4.78, 5) is 2.24. The molecule has 198 valence electrons. The van der Waals surface area contributed by atoms with Gasteiger partial charge in [0.1, 0.15) is 0 Å². The second kappa shape index (κ2) is 12.2. The summed E-state index contributed by atoms with van der Waals surface area (Å²) in [5.74, 6) is 1.83. The first-order valence-electron chi connectivity index (χ1n) is 12.1. The van der Waals surface area contributed by atoms with Crippen molar-refractivity contribution in [1.29, 1.82) is 5.41 Å². The summed E-state index contributed by atoms with van der Waals surface area (Å²) in [6.45, 7) is 2.71. The fourth-order valence-electron chi connectivity index (χ4n) is 4.38. The molecule has 7 nitrogen and oxygen atoms in total. The average Bonchev–Trinajstić information content (AvgIpc) is 3.33. The first-order valence-corrected chi connectivity index (χ1v) is 12.8. The van der Waals surface area contributed by atoms with Crippen LogP contribution in [0.3, 0.4) is 0 Å². The molecule has 1 fully saturated rings. The molecule has 1 unspecified atom stereocenters. The zero-order valence-electron chi connectivity index (χ0n) is 20.3. The number of fused-ring (bicyclic) bond motifs is 1. The van der Waals surface area contributed by atoms with E-state index < -0.39 is 18.3 Å². The molecule has 0 aliphatic carbocycles. The zero-order valence-corrected chi connectivity index (χ0v) is 21.5. The summed E-state index contributed by atoms with van der Waals surface area (Å²) >= 11 is 0. The van der Waals surface area contributed by atoms with Gasteiger partial charge < -0.3 is 25.5 Å². The lowest BCUT2D eigenvalue weighted by Gasteiger charge is -2.41. The van der Waals surface area contributed by atoms with E-state index in [9.17, 15) is 18.3 Å². The number of ether oxygens (including phenoxy) is 1. The van der Waals surface area contributed by atoms with Crippen LogP contribution in [-0.2, 0) is 24.1 Å². The van der Waals surface area contributed by atoms with Gasteiger partial charge in [-0.1, -0.05) is 11.9 Å². The molecule has 1 aromatic heterocycles. The van der Waals surface area contributed by atoms with Crippen molar-refractivity contribution in [3.8, 4) is 0 Å². The molecule has 0 spiro atoms. The summed E-state index contributed by atoms with van der Waals surface area (Å²) in [5.41, 5.74) is 3.77. The van der Waals surface area contributed by atoms with Crippen LogP contribution in [-0.4, -0.2) is 53.9 Å². The van der Waals surface area contributed by atoms with Gasteiger partial charge >= 0.3 is 6.18 Å². The molecule has 1 saturated heterocycles. The van der Waals surface area contributed by atoms with Gasteiger partial charge in [-0.15, -0.1) is 9.24 Å². The highest BCUT2D eigenvalue weighted by Crippen LogP contribution is 2.34. The summed E-state index contributed by atoms with van der Waals surface area (Å²) in [7, 11) is 2.54. The van der Waals surface area contributed by atoms with Gasteiger partial charge in [0, 0.05) is 43.5 Å². The third kappa shape index (κ3) is 6.76. The topological polar surface area (TPSA) is 97.3 Å². The van der Waals surface area contributed by atoms with Crippen LogP contribution in [0.25, 0.3) is 16.5 Å². The zero-order chi connectivity index (χ0) is 26.4. The average molecular weight is 534 g/mol. The number of halogens is 3. The molecule has 2 heterocycles. The Morgan fingerprint density at radius 2 is 2.00 bits per heavy atom. The summed E-state index contributed by atoms with van der Waals surface area (Å²) in [6, 6.07) is 7.76. The monoisotopic (exact) mass is 533 g/mol. The molecule has 0 saturated carbocycles. The molecule has 1 aliphatic heterocycles. The fraction of sp³-hybridized carbons (Fsp3) is 0.385. The second-order valence-electron chi connectivity index (χ2n) is 9.07. The third-order valence-corrected chi connectivity index (χ3v) is 6.75. The van der Waals surface area contributed by atoms with Crippen molar-refractivity contribution in [2.45, 2.75) is 38.3 Å². The molecule has 11 heteroatoms. The second-order valence-corrected chi connectivity index (χ2v) is 9.40. The minimum absolute atomic E-state index is 0.139. The maximum Gasteiger partial charge on any atom is 0.416 e. The molecule has 4 N–H and O–H groups in total. The Kier molecular flexibility index (Phi) is 8.97. The molecule has 37 heavy (non-hydrogen) atoms. The van der Waals surface area contributed by atoms with Gasteiger partial charge in [-0.2, -0.15) is 18.3 Å². The molecule has 4 rings (SSSR count). The van der Waals surface area contributed by atoms with Crippen molar-refractivity contribution in [2.24, 2.45) is 0 Å². The number of hydrogen-bond acceptors (Lipinski definition) is 6. The summed E-state index contributed by atoms with van der Waals surface area (Å²) in [5, 5.41) is 28.3. The Balaban J connectivity index is 1.18. The predicted octanol–water partition coefficient (Wildman–Crippen LogP) is 4.71. The van der Waals surface area contributed by atoms with Gasteiger partial charge in [-0.25, -0.2) is 0 Å². The number of nitrogens with zero attached hydrogens (tertiary/aromatic N) is 2. The lowest BCUT2D eigenvalue weighted by molar-refractivity contribution is -0.137. The van der Waals surface area contributed by atoms with Crippen molar-refractivity contribution < 1.29 is 23.0 Å². The van der Waals surface area contributed by atoms with Crippen LogP contribution in [0.4, 0.5) is 18.9 Å². The smallest absolute Gasteiger partial charge is 0.392 e. The largest absolute Gasteiger partial charge is 0.416 e. The lowest BCUT2D eigenvalue weighted by atomic mass is 10.0. The number of aromatic amines is 1. The number of anilines is 1. The van der Waals surface area contributed by atoms with Gasteiger partial charge in [-0.05, 0) is 65.9 Å². The van der Waals surface area contributed by atoms with Crippen LogP contribution in [0.5, 0.6) is 0 Å². The highest BCUT2D eigenvalue weighted by atomic mass is 31.0. The van der Waals surface area contributed by atoms with Gasteiger partial charge in [0.05, 0.1) is 30.0 Å². The standard InChI is InChI=1S/C26H31F3N5O2P/c27-26(28,29)21-6-17(5-18(7-21)15-35)11-31-3-1-2-4-36-22-13-34(14-22)25-9-19(20(10-30)16-37)8-24-23(25)12-32-33-24/h5-10,12,16,22,30-31,35H,1-4,11,13-15,37H2,(H,32,33)/b20-16+,30-10?. The SMILES string of the molecule is N=C/C(=C\P)c1cc(N2CC(OCCCCNCc3cc(CO)cc(C(F)(F)F)c3)C2)c2cn[nH]c2c1. The highest BCUT2D eigenvalue weighted by molar-refractivity contribution is 7.21. The molecule has 3 aromatic rings. The van der Waals surface area contributed by atoms with Crippen molar-refractivity contribution in [2.75, 3.05) is 31.1 Å². The first-order chi connectivity index (χ1) is 17.8. The number of aliphatic hydroxyl groups is 1. The maximum absolute atomic E-state index is 13.0. The van der Waals surface area contributed by atoms with E-state index in [0.717, 1.165) is 65.8 Å². The lowest BCUT2D eigenvalue weighted by Crippen LogP contribution is -2.52. The summed E-state index contributed by atoms with van der Waals surface area (Å²) < 4.78 is 45.1. The molecule has 1 aliphatic rings. The number of aliphatic hydroxyl groups excluding tert-OH is 1. The van der Waals surface area contributed by atoms with Gasteiger partial charge in [0.2, 0.25) is 0 Å². The van der Waals surface area contributed by atoms with Crippen LogP contribution >= 0.6 is 9.24 Å². The van der Waals surface area contributed by atoms with Crippen molar-refractivity contribution in [1.82, 2.24) is 15.5 Å². The molecule has 0 amide bonds. The quantitative estimate of drug-likeness (QED) is 0.154. The molecule has 2 aromatic carbocycles. The van der Waals surface area contributed by atoms with Crippen molar-refractivity contribution >= 4 is 37.6 Å². The Bertz CT molecular complexity index is 1250. The van der Waals surface area contributed by atoms with E-state index in [4.69, 9.17) is 10.1 Å². The highest BCUT2D eigenvalue weighted by Gasteiger charge is 2.31. The van der Waals surface area contributed by atoms with E-state index in [1.165, 1.54) is 6.21 Å². The van der Waals surface area contributed by atoms with E-state index in [-0.39, 0.29) is 11.7 Å². The van der Waals surface area contributed by atoms with E-state index in [1.807, 2.05) is 18.1 Å². The van der Waals surface area contributed by atoms with E-state index in [2.05, 4.69) is 35.7 Å². The molecular formula is C26H31F3N5O2P. The van der Waals surface area contributed by atoms with Crippen LogP contribution in [0.15, 0.2) is 42.3 Å². The molecular weight excluding hydrogens is 502 g/mol. The van der Waals surface area contributed by atoms with Gasteiger partial charge in [0.25, 0.3) is 0 Å². The minimum atomic E-state index is -4.43. The van der Waals surface area contributed by atoms with Gasteiger partial charge in [0.15, 0.2) is 0 Å². The normalized spacial score (nSPS) is 14.8. The number of aromatic nitrogens is 2. The Hall–Kier alpha value is -2.78. The number of allylic oxidation sites excluding steroid dienone is 1. The maximum atomic E-state index is 13.0. The Morgan fingerprint density at radius 3 is 2.70 bits per heavy atom. The van der Waals surface area contributed by atoms with E-state index >= 15 is 0 Å². The van der Waals surface area contributed by atoms with Crippen molar-refractivity contribution in [3.05, 3.63) is 64.6 Å². The molecule has 0 radical (unpaired) electrons. The van der Waals surface area contributed by atoms with Crippen LogP contribution in [0.2, 0.25) is 0 Å². The molecule has 1 atom stereocenters. The van der Waals surface area contributed by atoms with Crippen LogP contribution in [0.1, 0.15) is 35.1 Å². The first kappa shape index (κ1) is 27.3. The number of H-pyrrole nitrogens is 1. The minimum Gasteiger partial charge on any atom is -0.392 e. The number of unbranched alkanes of at least 4 members (excludes halogenated alkanes) is 1. The van der Waals surface area contributed by atoms with E-state index in [1.54, 1.807) is 6.07 Å².